The zero-order chi connectivity index (χ0) is 16.1. The molecule has 1 saturated heterocycles. The van der Waals surface area contributed by atoms with Gasteiger partial charge in [0, 0.05) is 25.8 Å². The summed E-state index contributed by atoms with van der Waals surface area (Å²) in [5.74, 6) is 0.882. The van der Waals surface area contributed by atoms with E-state index < -0.39 is 0 Å². The van der Waals surface area contributed by atoms with Gasteiger partial charge in [0.05, 0.1) is 24.8 Å². The van der Waals surface area contributed by atoms with Crippen LogP contribution >= 0.6 is 0 Å². The topological polar surface area (TPSA) is 45.7 Å². The van der Waals surface area contributed by atoms with E-state index >= 15 is 0 Å². The molecule has 5 nitrogen and oxygen atoms in total. The minimum Gasteiger partial charge on any atom is -0.378 e. The first-order valence-corrected chi connectivity index (χ1v) is 8.56. The number of aromatic nitrogens is 1. The minimum absolute atomic E-state index is 0.0886. The molecule has 0 aromatic carbocycles. The zero-order valence-corrected chi connectivity index (χ0v) is 13.8. The molecule has 0 unspecified atom stereocenters. The fourth-order valence-electron chi connectivity index (χ4n) is 3.22. The fourth-order valence-corrected chi connectivity index (χ4v) is 3.22. The van der Waals surface area contributed by atoms with E-state index in [-0.39, 0.29) is 11.9 Å². The summed E-state index contributed by atoms with van der Waals surface area (Å²) < 4.78 is 5.41. The Morgan fingerprint density at radius 3 is 3.00 bits per heavy atom. The van der Waals surface area contributed by atoms with Crippen molar-refractivity contribution in [1.29, 1.82) is 0 Å². The Bertz CT molecular complexity index is 567. The first-order chi connectivity index (χ1) is 11.3. The molecule has 3 heterocycles. The van der Waals surface area contributed by atoms with E-state index in [0.717, 1.165) is 38.2 Å². The second-order valence-corrected chi connectivity index (χ2v) is 6.07. The highest BCUT2D eigenvalue weighted by atomic mass is 16.5. The molecule has 5 heteroatoms. The van der Waals surface area contributed by atoms with Crippen molar-refractivity contribution in [3.63, 3.8) is 0 Å². The van der Waals surface area contributed by atoms with Crippen LogP contribution < -0.4 is 4.90 Å². The Hall–Kier alpha value is -1.88. The van der Waals surface area contributed by atoms with Gasteiger partial charge in [-0.1, -0.05) is 31.9 Å². The number of pyridine rings is 1. The zero-order valence-electron chi connectivity index (χ0n) is 13.8. The Labute approximate surface area is 137 Å². The maximum atomic E-state index is 13.1. The second-order valence-electron chi connectivity index (χ2n) is 6.07. The molecule has 3 rings (SSSR count). The molecule has 0 N–H and O–H groups in total. The van der Waals surface area contributed by atoms with Gasteiger partial charge in [-0.2, -0.15) is 0 Å². The van der Waals surface area contributed by atoms with Gasteiger partial charge in [-0.25, -0.2) is 4.98 Å². The molecule has 0 spiro atoms. The van der Waals surface area contributed by atoms with E-state index in [1.165, 1.54) is 0 Å². The van der Waals surface area contributed by atoms with Gasteiger partial charge in [0.2, 0.25) is 0 Å². The third-order valence-corrected chi connectivity index (χ3v) is 4.50. The summed E-state index contributed by atoms with van der Waals surface area (Å²) in [4.78, 5) is 21.7. The van der Waals surface area contributed by atoms with Gasteiger partial charge >= 0.3 is 0 Å². The highest BCUT2D eigenvalue weighted by Gasteiger charge is 2.28. The van der Waals surface area contributed by atoms with E-state index in [4.69, 9.17) is 4.74 Å². The van der Waals surface area contributed by atoms with E-state index in [9.17, 15) is 4.79 Å². The van der Waals surface area contributed by atoms with Crippen molar-refractivity contribution in [2.45, 2.75) is 32.2 Å². The number of hydrogen-bond donors (Lipinski definition) is 0. The largest absolute Gasteiger partial charge is 0.378 e. The summed E-state index contributed by atoms with van der Waals surface area (Å²) in [7, 11) is 0. The van der Waals surface area contributed by atoms with Crippen molar-refractivity contribution in [2.75, 3.05) is 37.7 Å². The Morgan fingerprint density at radius 1 is 1.39 bits per heavy atom. The number of morpholine rings is 1. The van der Waals surface area contributed by atoms with Crippen LogP contribution in [0.1, 0.15) is 36.5 Å². The Balaban J connectivity index is 1.79. The molecule has 2 aliphatic heterocycles. The fraction of sp³-hybridized carbons (Fsp3) is 0.556. The predicted molar refractivity (Wildman–Crippen MR) is 90.8 cm³/mol. The Morgan fingerprint density at radius 2 is 2.22 bits per heavy atom. The summed E-state index contributed by atoms with van der Waals surface area (Å²) in [6.07, 6.45) is 9.35. The molecule has 0 aliphatic carbocycles. The number of hydrogen-bond acceptors (Lipinski definition) is 4. The molecule has 0 radical (unpaired) electrons. The van der Waals surface area contributed by atoms with Crippen LogP contribution in [0.5, 0.6) is 0 Å². The molecule has 0 bridgehead atoms. The third-order valence-electron chi connectivity index (χ3n) is 4.50. The van der Waals surface area contributed by atoms with Gasteiger partial charge in [0.25, 0.3) is 5.91 Å². The molecule has 1 atom stereocenters. The van der Waals surface area contributed by atoms with Crippen molar-refractivity contribution in [2.24, 2.45) is 0 Å². The summed E-state index contributed by atoms with van der Waals surface area (Å²) in [5.41, 5.74) is 0.708. The van der Waals surface area contributed by atoms with Crippen LogP contribution in [0.25, 0.3) is 0 Å². The maximum absolute atomic E-state index is 13.1. The van der Waals surface area contributed by atoms with Gasteiger partial charge in [0.1, 0.15) is 5.82 Å². The van der Waals surface area contributed by atoms with Crippen LogP contribution in [0.4, 0.5) is 5.82 Å². The van der Waals surface area contributed by atoms with Crippen LogP contribution in [0.15, 0.2) is 30.5 Å². The number of carbonyl (C=O) groups is 1. The minimum atomic E-state index is 0.0886. The van der Waals surface area contributed by atoms with Gasteiger partial charge in [-0.15, -0.1) is 0 Å². The van der Waals surface area contributed by atoms with Crippen molar-refractivity contribution in [3.8, 4) is 0 Å². The van der Waals surface area contributed by atoms with Gasteiger partial charge in [-0.05, 0) is 18.6 Å². The van der Waals surface area contributed by atoms with Gasteiger partial charge in [0.15, 0.2) is 0 Å². The number of carbonyl (C=O) groups excluding carboxylic acids is 1. The smallest absolute Gasteiger partial charge is 0.258 e. The quantitative estimate of drug-likeness (QED) is 0.783. The lowest BCUT2D eigenvalue weighted by Crippen LogP contribution is -2.40. The third kappa shape index (κ3) is 3.55. The average Bonchev–Trinajstić information content (AvgIpc) is 3.08. The summed E-state index contributed by atoms with van der Waals surface area (Å²) in [5, 5.41) is 0. The molecule has 0 saturated carbocycles. The van der Waals surface area contributed by atoms with Crippen LogP contribution in [0, 0.1) is 0 Å². The molecule has 2 aliphatic rings. The van der Waals surface area contributed by atoms with Crippen LogP contribution in [0.2, 0.25) is 0 Å². The molecular formula is C18H25N3O2. The summed E-state index contributed by atoms with van der Waals surface area (Å²) in [6.45, 7) is 5.83. The SMILES string of the molecule is CCCC[C@@H]1C=CCN1C(=O)c1cccnc1N1CCOCC1. The summed E-state index contributed by atoms with van der Waals surface area (Å²) in [6, 6.07) is 3.97. The molecule has 124 valence electrons. The van der Waals surface area contributed by atoms with E-state index in [0.29, 0.717) is 25.3 Å². The van der Waals surface area contributed by atoms with Crippen LogP contribution in [-0.2, 0) is 4.74 Å². The van der Waals surface area contributed by atoms with Crippen molar-refractivity contribution in [3.05, 3.63) is 36.0 Å². The van der Waals surface area contributed by atoms with Crippen LogP contribution in [0.3, 0.4) is 0 Å². The lowest BCUT2D eigenvalue weighted by molar-refractivity contribution is 0.0742. The summed E-state index contributed by atoms with van der Waals surface area (Å²) >= 11 is 0. The lowest BCUT2D eigenvalue weighted by atomic mass is 10.1. The number of ether oxygens (including phenoxy) is 1. The predicted octanol–water partition coefficient (Wildman–Crippen LogP) is 2.49. The molecular weight excluding hydrogens is 290 g/mol. The van der Waals surface area contributed by atoms with Crippen molar-refractivity contribution in [1.82, 2.24) is 9.88 Å². The van der Waals surface area contributed by atoms with Gasteiger partial charge in [-0.3, -0.25) is 4.79 Å². The molecule has 23 heavy (non-hydrogen) atoms. The normalized spacial score (nSPS) is 21.0. The standard InChI is InChI=1S/C18H25N3O2/c1-2-3-6-15-7-5-10-21(15)18(22)16-8-4-9-19-17(16)20-11-13-23-14-12-20/h4-5,7-9,15H,2-3,6,10-14H2,1H3/t15-/m1/s1. The first kappa shape index (κ1) is 16.0. The highest BCUT2D eigenvalue weighted by Crippen LogP contribution is 2.24. The van der Waals surface area contributed by atoms with E-state index in [1.807, 2.05) is 17.0 Å². The number of unbranched alkanes of at least 4 members (excludes halogenated alkanes) is 1. The van der Waals surface area contributed by atoms with E-state index in [1.54, 1.807) is 6.20 Å². The average molecular weight is 315 g/mol. The molecule has 1 aromatic rings. The maximum Gasteiger partial charge on any atom is 0.258 e. The van der Waals surface area contributed by atoms with Gasteiger partial charge < -0.3 is 14.5 Å². The number of nitrogens with zero attached hydrogens (tertiary/aromatic N) is 3. The molecule has 1 amide bonds. The monoisotopic (exact) mass is 315 g/mol. The first-order valence-electron chi connectivity index (χ1n) is 8.56. The van der Waals surface area contributed by atoms with E-state index in [2.05, 4.69) is 29.0 Å². The lowest BCUT2D eigenvalue weighted by Gasteiger charge is -2.31. The number of anilines is 1. The highest BCUT2D eigenvalue weighted by molar-refractivity contribution is 5.99. The van der Waals surface area contributed by atoms with Crippen LogP contribution in [-0.4, -0.2) is 54.7 Å². The number of rotatable bonds is 5. The molecule has 1 aromatic heterocycles. The second kappa shape index (κ2) is 7.59. The van der Waals surface area contributed by atoms with Crippen molar-refractivity contribution >= 4 is 11.7 Å². The molecule has 1 fully saturated rings. The number of amides is 1. The Kier molecular flexibility index (Phi) is 5.28. The van der Waals surface area contributed by atoms with Crippen molar-refractivity contribution < 1.29 is 9.53 Å².